The van der Waals surface area contributed by atoms with Gasteiger partial charge in [-0.15, -0.1) is 11.3 Å². The zero-order chi connectivity index (χ0) is 13.4. The molecule has 5 heteroatoms. The van der Waals surface area contributed by atoms with Crippen LogP contribution in [0.2, 0.25) is 5.15 Å². The van der Waals surface area contributed by atoms with Crippen LogP contribution in [0.25, 0.3) is 10.2 Å². The summed E-state index contributed by atoms with van der Waals surface area (Å²) in [6.45, 7) is 5.32. The minimum Gasteiger partial charge on any atom is -0.354 e. The third kappa shape index (κ3) is 2.56. The summed E-state index contributed by atoms with van der Waals surface area (Å²) in [5, 5.41) is 4.97. The normalized spacial score (nSPS) is 14.3. The molecule has 0 saturated heterocycles. The molecule has 1 aliphatic carbocycles. The molecular weight excluding hydrogens is 278 g/mol. The maximum absolute atomic E-state index is 6.34. The minimum absolute atomic E-state index is 0.608. The second-order valence-electron chi connectivity index (χ2n) is 5.48. The highest BCUT2D eigenvalue weighted by Gasteiger charge is 2.21. The topological polar surface area (TPSA) is 37.8 Å². The van der Waals surface area contributed by atoms with E-state index in [-0.39, 0.29) is 0 Å². The largest absolute Gasteiger partial charge is 0.354 e. The van der Waals surface area contributed by atoms with Crippen molar-refractivity contribution in [1.82, 2.24) is 9.97 Å². The summed E-state index contributed by atoms with van der Waals surface area (Å²) in [6, 6.07) is 0. The number of halogens is 1. The maximum Gasteiger partial charge on any atom is 0.225 e. The Hall–Kier alpha value is -0.870. The van der Waals surface area contributed by atoms with Crippen molar-refractivity contribution in [2.45, 2.75) is 39.5 Å². The molecule has 1 N–H and O–H groups in total. The molecule has 0 radical (unpaired) electrons. The number of anilines is 1. The molecule has 2 heterocycles. The molecule has 0 unspecified atom stereocenters. The van der Waals surface area contributed by atoms with Gasteiger partial charge in [-0.25, -0.2) is 9.97 Å². The fourth-order valence-corrected chi connectivity index (χ4v) is 4.10. The van der Waals surface area contributed by atoms with E-state index in [0.717, 1.165) is 29.6 Å². The van der Waals surface area contributed by atoms with Crippen LogP contribution in [0.3, 0.4) is 0 Å². The molecule has 0 saturated carbocycles. The molecule has 0 spiro atoms. The van der Waals surface area contributed by atoms with Gasteiger partial charge in [0.05, 0.1) is 5.39 Å². The van der Waals surface area contributed by atoms with Gasteiger partial charge in [0.15, 0.2) is 0 Å². The molecule has 2 aromatic heterocycles. The van der Waals surface area contributed by atoms with Crippen LogP contribution in [0.1, 0.15) is 37.1 Å². The van der Waals surface area contributed by atoms with Gasteiger partial charge in [-0.3, -0.25) is 0 Å². The van der Waals surface area contributed by atoms with Gasteiger partial charge in [0, 0.05) is 11.4 Å². The van der Waals surface area contributed by atoms with E-state index < -0.39 is 0 Å². The highest BCUT2D eigenvalue weighted by molar-refractivity contribution is 7.19. The Bertz CT molecular complexity index is 606. The summed E-state index contributed by atoms with van der Waals surface area (Å²) < 4.78 is 0. The summed E-state index contributed by atoms with van der Waals surface area (Å²) in [5.74, 6) is 1.34. The van der Waals surface area contributed by atoms with Crippen LogP contribution < -0.4 is 5.32 Å². The van der Waals surface area contributed by atoms with Crippen molar-refractivity contribution in [1.29, 1.82) is 0 Å². The van der Waals surface area contributed by atoms with Crippen LogP contribution in [0.5, 0.6) is 0 Å². The predicted octanol–water partition coefficient (Wildman–Crippen LogP) is 4.29. The Morgan fingerprint density at radius 3 is 2.95 bits per heavy atom. The number of rotatable bonds is 4. The Kier molecular flexibility index (Phi) is 3.63. The summed E-state index contributed by atoms with van der Waals surface area (Å²) in [5.41, 5.74) is 1.39. The van der Waals surface area contributed by atoms with Crippen LogP contribution in [-0.4, -0.2) is 16.5 Å². The second-order valence-corrected chi connectivity index (χ2v) is 6.93. The van der Waals surface area contributed by atoms with Crippen molar-refractivity contribution in [2.75, 3.05) is 11.9 Å². The van der Waals surface area contributed by atoms with E-state index in [1.165, 1.54) is 23.3 Å². The van der Waals surface area contributed by atoms with Crippen molar-refractivity contribution in [2.24, 2.45) is 5.92 Å². The number of fused-ring (bicyclic) bond motifs is 3. The van der Waals surface area contributed by atoms with Crippen LogP contribution in [0.4, 0.5) is 5.95 Å². The van der Waals surface area contributed by atoms with Gasteiger partial charge in [0.1, 0.15) is 9.98 Å². The average molecular weight is 296 g/mol. The summed E-state index contributed by atoms with van der Waals surface area (Å²) in [4.78, 5) is 11.5. The highest BCUT2D eigenvalue weighted by atomic mass is 35.5. The Morgan fingerprint density at radius 1 is 1.32 bits per heavy atom. The first kappa shape index (κ1) is 13.1. The minimum atomic E-state index is 0.608. The van der Waals surface area contributed by atoms with Gasteiger partial charge < -0.3 is 5.32 Å². The number of thiophene rings is 1. The molecule has 19 heavy (non-hydrogen) atoms. The van der Waals surface area contributed by atoms with Crippen molar-refractivity contribution in [3.05, 3.63) is 15.6 Å². The van der Waals surface area contributed by atoms with Crippen LogP contribution in [0.15, 0.2) is 0 Å². The summed E-state index contributed by atoms with van der Waals surface area (Å²) in [7, 11) is 0. The molecule has 1 aliphatic rings. The smallest absolute Gasteiger partial charge is 0.225 e. The van der Waals surface area contributed by atoms with E-state index in [9.17, 15) is 0 Å². The molecule has 0 fully saturated rings. The number of hydrogen-bond donors (Lipinski definition) is 1. The average Bonchev–Trinajstić information content (AvgIpc) is 2.87. The zero-order valence-electron chi connectivity index (χ0n) is 11.3. The zero-order valence-corrected chi connectivity index (χ0v) is 12.9. The van der Waals surface area contributed by atoms with Crippen LogP contribution in [-0.2, 0) is 12.8 Å². The number of nitrogens with zero attached hydrogens (tertiary/aromatic N) is 2. The van der Waals surface area contributed by atoms with Crippen LogP contribution >= 0.6 is 22.9 Å². The fraction of sp³-hybridized carbons (Fsp3) is 0.571. The monoisotopic (exact) mass is 295 g/mol. The lowest BCUT2D eigenvalue weighted by molar-refractivity contribution is 0.606. The number of hydrogen-bond acceptors (Lipinski definition) is 4. The molecular formula is C14H18ClN3S. The van der Waals surface area contributed by atoms with E-state index in [0.29, 0.717) is 17.0 Å². The molecule has 0 atom stereocenters. The van der Waals surface area contributed by atoms with E-state index in [2.05, 4.69) is 29.1 Å². The standard InChI is InChI=1S/C14H18ClN3S/c1-8(2)6-7-16-14-17-12(15)11-9-4-3-5-10(9)19-13(11)18-14/h8H,3-7H2,1-2H3,(H,16,17,18). The van der Waals surface area contributed by atoms with Gasteiger partial charge in [-0.2, -0.15) is 0 Å². The lowest BCUT2D eigenvalue weighted by Crippen LogP contribution is -2.07. The van der Waals surface area contributed by atoms with Gasteiger partial charge in [-0.05, 0) is 37.2 Å². The number of aryl methyl sites for hydroxylation is 2. The Morgan fingerprint density at radius 2 is 2.16 bits per heavy atom. The Labute approximate surface area is 122 Å². The van der Waals surface area contributed by atoms with E-state index in [4.69, 9.17) is 11.6 Å². The van der Waals surface area contributed by atoms with Gasteiger partial charge in [0.25, 0.3) is 0 Å². The molecule has 0 amide bonds. The lowest BCUT2D eigenvalue weighted by Gasteiger charge is -2.07. The Balaban J connectivity index is 1.88. The first-order valence-electron chi connectivity index (χ1n) is 6.87. The molecule has 0 aliphatic heterocycles. The van der Waals surface area contributed by atoms with E-state index >= 15 is 0 Å². The molecule has 3 nitrogen and oxygen atoms in total. The third-order valence-electron chi connectivity index (χ3n) is 3.53. The highest BCUT2D eigenvalue weighted by Crippen LogP contribution is 2.39. The molecule has 2 aromatic rings. The molecule has 0 aromatic carbocycles. The lowest BCUT2D eigenvalue weighted by atomic mass is 10.1. The van der Waals surface area contributed by atoms with Crippen molar-refractivity contribution in [3.63, 3.8) is 0 Å². The third-order valence-corrected chi connectivity index (χ3v) is 4.98. The van der Waals surface area contributed by atoms with Crippen molar-refractivity contribution < 1.29 is 0 Å². The van der Waals surface area contributed by atoms with Crippen molar-refractivity contribution in [3.8, 4) is 0 Å². The van der Waals surface area contributed by atoms with Gasteiger partial charge in [0.2, 0.25) is 5.95 Å². The molecule has 0 bridgehead atoms. The number of aromatic nitrogens is 2. The first-order chi connectivity index (χ1) is 9.15. The molecule has 102 valence electrons. The predicted molar refractivity (Wildman–Crippen MR) is 82.4 cm³/mol. The number of nitrogens with one attached hydrogen (secondary N) is 1. The summed E-state index contributed by atoms with van der Waals surface area (Å²) in [6.07, 6.45) is 4.64. The van der Waals surface area contributed by atoms with E-state index in [1.807, 2.05) is 0 Å². The van der Waals surface area contributed by atoms with Gasteiger partial charge in [-0.1, -0.05) is 25.4 Å². The fourth-order valence-electron chi connectivity index (χ4n) is 2.50. The summed E-state index contributed by atoms with van der Waals surface area (Å²) >= 11 is 8.12. The van der Waals surface area contributed by atoms with Gasteiger partial charge >= 0.3 is 0 Å². The second kappa shape index (κ2) is 5.25. The SMILES string of the molecule is CC(C)CCNc1nc(Cl)c2c3c(sc2n1)CCC3. The van der Waals surface area contributed by atoms with Crippen LogP contribution in [0, 0.1) is 5.92 Å². The van der Waals surface area contributed by atoms with E-state index in [1.54, 1.807) is 11.3 Å². The van der Waals surface area contributed by atoms with Crippen molar-refractivity contribution >= 4 is 39.1 Å². The first-order valence-corrected chi connectivity index (χ1v) is 8.06. The maximum atomic E-state index is 6.34. The quantitative estimate of drug-likeness (QED) is 0.855. The molecule has 3 rings (SSSR count).